The summed E-state index contributed by atoms with van der Waals surface area (Å²) in [4.78, 5) is 22.2. The molecular weight excluding hydrogens is 382 g/mol. The first-order valence-corrected chi connectivity index (χ1v) is 10.00. The van der Waals surface area contributed by atoms with Crippen molar-refractivity contribution in [3.05, 3.63) is 40.2 Å². The van der Waals surface area contributed by atoms with Gasteiger partial charge in [-0.3, -0.25) is 10.1 Å². The first kappa shape index (κ1) is 17.6. The minimum atomic E-state index is -0.279. The van der Waals surface area contributed by atoms with Crippen molar-refractivity contribution >= 4 is 44.7 Å². The molecule has 1 amide bonds. The van der Waals surface area contributed by atoms with Crippen molar-refractivity contribution in [1.29, 1.82) is 0 Å². The van der Waals surface area contributed by atoms with Gasteiger partial charge in [0, 0.05) is 18.1 Å². The molecule has 27 heavy (non-hydrogen) atoms. The Morgan fingerprint density at radius 1 is 1.30 bits per heavy atom. The van der Waals surface area contributed by atoms with Gasteiger partial charge >= 0.3 is 0 Å². The number of thiazole rings is 1. The second-order valence-electron chi connectivity index (χ2n) is 6.06. The minimum absolute atomic E-state index is 0.145. The van der Waals surface area contributed by atoms with Crippen LogP contribution in [0.4, 0.5) is 5.13 Å². The van der Waals surface area contributed by atoms with Gasteiger partial charge in [0.1, 0.15) is 0 Å². The van der Waals surface area contributed by atoms with E-state index in [0.29, 0.717) is 11.0 Å². The Bertz CT molecular complexity index is 1110. The van der Waals surface area contributed by atoms with Crippen LogP contribution in [0.25, 0.3) is 21.6 Å². The van der Waals surface area contributed by atoms with E-state index in [4.69, 9.17) is 4.74 Å². The average molecular weight is 400 g/mol. The van der Waals surface area contributed by atoms with E-state index in [9.17, 15) is 4.79 Å². The van der Waals surface area contributed by atoms with Crippen molar-refractivity contribution in [3.63, 3.8) is 0 Å². The minimum Gasteiger partial charge on any atom is -0.466 e. The number of fused-ring (bicyclic) bond motifs is 1. The van der Waals surface area contributed by atoms with E-state index in [1.807, 2.05) is 49.9 Å². The van der Waals surface area contributed by atoms with E-state index in [-0.39, 0.29) is 12.5 Å². The van der Waals surface area contributed by atoms with Crippen LogP contribution in [0.2, 0.25) is 0 Å². The number of thiophene rings is 1. The molecule has 4 heterocycles. The highest BCUT2D eigenvalue weighted by Gasteiger charge is 2.16. The zero-order valence-corrected chi connectivity index (χ0v) is 16.6. The molecule has 4 aromatic rings. The van der Waals surface area contributed by atoms with E-state index in [2.05, 4.69) is 20.4 Å². The van der Waals surface area contributed by atoms with Crippen molar-refractivity contribution in [1.82, 2.24) is 19.7 Å². The fourth-order valence-electron chi connectivity index (χ4n) is 2.81. The summed E-state index contributed by atoms with van der Waals surface area (Å²) >= 11 is 3.00. The normalized spacial score (nSPS) is 11.1. The number of aryl methyl sites for hydroxylation is 3. The summed E-state index contributed by atoms with van der Waals surface area (Å²) in [7, 11) is 1.81. The second-order valence-corrected chi connectivity index (χ2v) is 7.87. The lowest BCUT2D eigenvalue weighted by atomic mass is 10.2. The molecule has 0 unspecified atom stereocenters. The van der Waals surface area contributed by atoms with Gasteiger partial charge in [0.15, 0.2) is 17.4 Å². The van der Waals surface area contributed by atoms with Gasteiger partial charge in [0.25, 0.3) is 5.91 Å². The topological polar surface area (TPSA) is 81.9 Å². The number of aromatic nitrogens is 4. The van der Waals surface area contributed by atoms with Gasteiger partial charge in [-0.25, -0.2) is 14.6 Å². The van der Waals surface area contributed by atoms with Crippen LogP contribution in [0.5, 0.6) is 5.88 Å². The predicted molar refractivity (Wildman–Crippen MR) is 108 cm³/mol. The summed E-state index contributed by atoms with van der Waals surface area (Å²) in [5.74, 6) is 0.129. The summed E-state index contributed by atoms with van der Waals surface area (Å²) in [5, 5.41) is 12.4. The molecular formula is C18H17N5O2S2. The monoisotopic (exact) mass is 399 g/mol. The van der Waals surface area contributed by atoms with Crippen LogP contribution in [0.3, 0.4) is 0 Å². The highest BCUT2D eigenvalue weighted by molar-refractivity contribution is 7.16. The van der Waals surface area contributed by atoms with Crippen LogP contribution in [-0.2, 0) is 11.8 Å². The number of carbonyl (C=O) groups excluding carboxylic acids is 1. The number of pyridine rings is 1. The first-order chi connectivity index (χ1) is 13.0. The van der Waals surface area contributed by atoms with Crippen LogP contribution >= 0.6 is 22.7 Å². The third-order valence-corrected chi connectivity index (χ3v) is 5.60. The fourth-order valence-corrected chi connectivity index (χ4v) is 4.30. The van der Waals surface area contributed by atoms with Gasteiger partial charge < -0.3 is 4.74 Å². The maximum Gasteiger partial charge on any atom is 0.264 e. The summed E-state index contributed by atoms with van der Waals surface area (Å²) in [5.41, 5.74) is 3.53. The van der Waals surface area contributed by atoms with Crippen molar-refractivity contribution in [2.24, 2.45) is 7.05 Å². The van der Waals surface area contributed by atoms with Crippen molar-refractivity contribution in [2.75, 3.05) is 11.9 Å². The van der Waals surface area contributed by atoms with Crippen molar-refractivity contribution in [3.8, 4) is 16.5 Å². The first-order valence-electron chi connectivity index (χ1n) is 8.24. The quantitative estimate of drug-likeness (QED) is 0.552. The second kappa shape index (κ2) is 7.09. The maximum atomic E-state index is 12.2. The molecule has 4 rings (SSSR count). The SMILES string of the molecule is Cc1cc(C)c2c(OCC(=O)Nc3nc(-c4cccs4)cs3)nn(C)c2n1. The summed E-state index contributed by atoms with van der Waals surface area (Å²) in [6, 6.07) is 5.94. The molecule has 0 aliphatic rings. The number of hydrogen-bond acceptors (Lipinski definition) is 7. The lowest BCUT2D eigenvalue weighted by Gasteiger charge is -2.04. The Morgan fingerprint density at radius 3 is 2.93 bits per heavy atom. The molecule has 7 nitrogen and oxygen atoms in total. The number of anilines is 1. The van der Waals surface area contributed by atoms with Gasteiger partial charge in [0.05, 0.1) is 16.0 Å². The maximum absolute atomic E-state index is 12.2. The largest absolute Gasteiger partial charge is 0.466 e. The molecule has 1 N–H and O–H groups in total. The van der Waals surface area contributed by atoms with Crippen LogP contribution in [-0.4, -0.2) is 32.3 Å². The summed E-state index contributed by atoms with van der Waals surface area (Å²) < 4.78 is 7.33. The highest BCUT2D eigenvalue weighted by Crippen LogP contribution is 2.29. The number of hydrogen-bond donors (Lipinski definition) is 1. The smallest absolute Gasteiger partial charge is 0.264 e. The molecule has 0 atom stereocenters. The number of amides is 1. The van der Waals surface area contributed by atoms with E-state index >= 15 is 0 Å². The Balaban J connectivity index is 1.45. The molecule has 0 spiro atoms. The van der Waals surface area contributed by atoms with Gasteiger partial charge in [-0.15, -0.1) is 27.8 Å². The number of ether oxygens (including phenoxy) is 1. The molecule has 4 aromatic heterocycles. The Labute approximate surface area is 163 Å². The van der Waals surface area contributed by atoms with E-state index in [1.165, 1.54) is 11.3 Å². The molecule has 0 aliphatic heterocycles. The van der Waals surface area contributed by atoms with Crippen LogP contribution in [0.1, 0.15) is 11.3 Å². The molecule has 9 heteroatoms. The molecule has 0 radical (unpaired) electrons. The molecule has 138 valence electrons. The van der Waals surface area contributed by atoms with Gasteiger partial charge in [-0.1, -0.05) is 6.07 Å². The zero-order valence-electron chi connectivity index (χ0n) is 15.0. The number of nitrogens with one attached hydrogen (secondary N) is 1. The molecule has 0 saturated carbocycles. The Kier molecular flexibility index (Phi) is 4.63. The fraction of sp³-hybridized carbons (Fsp3) is 0.222. The third-order valence-electron chi connectivity index (χ3n) is 3.95. The lowest BCUT2D eigenvalue weighted by Crippen LogP contribution is -2.20. The molecule has 0 aliphatic carbocycles. The van der Waals surface area contributed by atoms with Gasteiger partial charge in [-0.05, 0) is 36.9 Å². The van der Waals surface area contributed by atoms with Crippen molar-refractivity contribution < 1.29 is 9.53 Å². The van der Waals surface area contributed by atoms with Gasteiger partial charge in [0.2, 0.25) is 5.88 Å². The Hall–Kier alpha value is -2.78. The van der Waals surface area contributed by atoms with E-state index in [0.717, 1.165) is 32.9 Å². The zero-order chi connectivity index (χ0) is 19.0. The molecule has 0 fully saturated rings. The van der Waals surface area contributed by atoms with Crippen LogP contribution in [0, 0.1) is 13.8 Å². The third kappa shape index (κ3) is 3.56. The highest BCUT2D eigenvalue weighted by atomic mass is 32.1. The lowest BCUT2D eigenvalue weighted by molar-refractivity contribution is -0.118. The van der Waals surface area contributed by atoms with E-state index < -0.39 is 0 Å². The number of nitrogens with zero attached hydrogens (tertiary/aromatic N) is 4. The van der Waals surface area contributed by atoms with Crippen LogP contribution in [0.15, 0.2) is 29.0 Å². The Morgan fingerprint density at radius 2 is 2.15 bits per heavy atom. The van der Waals surface area contributed by atoms with Gasteiger partial charge in [-0.2, -0.15) is 0 Å². The average Bonchev–Trinajstić information content (AvgIpc) is 3.34. The summed E-state index contributed by atoms with van der Waals surface area (Å²) in [6.45, 7) is 3.77. The molecule has 0 saturated heterocycles. The number of rotatable bonds is 5. The number of carbonyl (C=O) groups is 1. The standard InChI is InChI=1S/C18H17N5O2S2/c1-10-7-11(2)19-16-15(10)17(22-23(16)3)25-8-14(24)21-18-20-12(9-27-18)13-5-4-6-26-13/h4-7,9H,8H2,1-3H3,(H,20,21,24). The van der Waals surface area contributed by atoms with Crippen LogP contribution < -0.4 is 10.1 Å². The molecule has 0 bridgehead atoms. The predicted octanol–water partition coefficient (Wildman–Crippen LogP) is 3.79. The summed E-state index contributed by atoms with van der Waals surface area (Å²) in [6.07, 6.45) is 0. The van der Waals surface area contributed by atoms with E-state index in [1.54, 1.807) is 16.0 Å². The molecule has 0 aromatic carbocycles. The van der Waals surface area contributed by atoms with Crippen molar-refractivity contribution in [2.45, 2.75) is 13.8 Å².